The maximum atomic E-state index is 5.39. The zero-order valence-electron chi connectivity index (χ0n) is 9.56. The minimum absolute atomic E-state index is 0.804. The lowest BCUT2D eigenvalue weighted by Crippen LogP contribution is -2.19. The Morgan fingerprint density at radius 3 is 2.00 bits per heavy atom. The van der Waals surface area contributed by atoms with Gasteiger partial charge in [-0.15, -0.1) is 0 Å². The van der Waals surface area contributed by atoms with Crippen LogP contribution in [0.2, 0.25) is 0 Å². The summed E-state index contributed by atoms with van der Waals surface area (Å²) in [5.74, 6) is 0. The van der Waals surface area contributed by atoms with Crippen molar-refractivity contribution in [2.75, 3.05) is 19.6 Å². The van der Waals surface area contributed by atoms with Crippen LogP contribution in [0.25, 0.3) is 0 Å². The highest BCUT2D eigenvalue weighted by Crippen LogP contribution is 2.05. The third kappa shape index (κ3) is 11.9. The molecule has 0 fully saturated rings. The summed E-state index contributed by atoms with van der Waals surface area (Å²) in [5, 5.41) is 3.40. The van der Waals surface area contributed by atoms with Crippen LogP contribution < -0.4 is 11.1 Å². The summed E-state index contributed by atoms with van der Waals surface area (Å²) in [6.45, 7) is 6.89. The molecule has 14 heavy (non-hydrogen) atoms. The zero-order valence-corrected chi connectivity index (χ0v) is 9.56. The molecule has 0 unspecified atom stereocenters. The van der Waals surface area contributed by atoms with E-state index in [4.69, 9.17) is 5.73 Å². The van der Waals surface area contributed by atoms with Crippen LogP contribution in [0.5, 0.6) is 0 Å². The van der Waals surface area contributed by atoms with Crippen LogP contribution in [0.3, 0.4) is 0 Å². The van der Waals surface area contributed by atoms with E-state index in [0.717, 1.165) is 32.5 Å². The van der Waals surface area contributed by atoms with E-state index in [2.05, 4.69) is 12.2 Å². The van der Waals surface area contributed by atoms with E-state index in [0.29, 0.717) is 0 Å². The fraction of sp³-hybridized carbons (Fsp3) is 0.917. The van der Waals surface area contributed by atoms with Crippen molar-refractivity contribution in [1.82, 2.24) is 5.32 Å². The van der Waals surface area contributed by atoms with Crippen molar-refractivity contribution in [2.24, 2.45) is 5.73 Å². The van der Waals surface area contributed by atoms with Gasteiger partial charge in [0.15, 0.2) is 0 Å². The highest BCUT2D eigenvalue weighted by molar-refractivity contribution is 4.51. The second-order valence-electron chi connectivity index (χ2n) is 3.87. The molecule has 85 valence electrons. The topological polar surface area (TPSA) is 38.0 Å². The van der Waals surface area contributed by atoms with Crippen LogP contribution in [0.1, 0.15) is 51.4 Å². The normalized spacial score (nSPS) is 10.7. The van der Waals surface area contributed by atoms with Gasteiger partial charge in [0.05, 0.1) is 0 Å². The zero-order chi connectivity index (χ0) is 10.5. The monoisotopic (exact) mass is 199 g/mol. The Labute approximate surface area is 89.6 Å². The summed E-state index contributed by atoms with van der Waals surface area (Å²) in [5.41, 5.74) is 5.39. The Morgan fingerprint density at radius 2 is 1.36 bits per heavy atom. The summed E-state index contributed by atoms with van der Waals surface area (Å²) in [4.78, 5) is 0. The highest BCUT2D eigenvalue weighted by atomic mass is 14.8. The number of unbranched alkanes of at least 4 members (excludes halogenated alkanes) is 6. The minimum atomic E-state index is 0.804. The first-order valence-electron chi connectivity index (χ1n) is 6.12. The molecule has 0 aromatic heterocycles. The van der Waals surface area contributed by atoms with Gasteiger partial charge in [-0.25, -0.2) is 0 Å². The van der Waals surface area contributed by atoms with Crippen molar-refractivity contribution in [3.8, 4) is 0 Å². The number of rotatable bonds is 11. The molecule has 0 bridgehead atoms. The Balaban J connectivity index is 2.78. The average molecular weight is 199 g/mol. The van der Waals surface area contributed by atoms with Crippen LogP contribution in [0, 0.1) is 6.92 Å². The van der Waals surface area contributed by atoms with E-state index in [1.54, 1.807) is 0 Å². The Bertz CT molecular complexity index is 82.3. The van der Waals surface area contributed by atoms with Gasteiger partial charge in [-0.1, -0.05) is 45.4 Å². The van der Waals surface area contributed by atoms with Crippen molar-refractivity contribution in [2.45, 2.75) is 51.4 Å². The van der Waals surface area contributed by atoms with Gasteiger partial charge in [0.2, 0.25) is 0 Å². The third-order valence-electron chi connectivity index (χ3n) is 2.41. The van der Waals surface area contributed by atoms with Gasteiger partial charge in [-0.2, -0.15) is 0 Å². The Morgan fingerprint density at radius 1 is 0.786 bits per heavy atom. The van der Waals surface area contributed by atoms with E-state index >= 15 is 0 Å². The molecule has 1 radical (unpaired) electrons. The summed E-state index contributed by atoms with van der Waals surface area (Å²) in [6, 6.07) is 0. The van der Waals surface area contributed by atoms with Gasteiger partial charge >= 0.3 is 0 Å². The molecular weight excluding hydrogens is 172 g/mol. The lowest BCUT2D eigenvalue weighted by Gasteiger charge is -2.03. The van der Waals surface area contributed by atoms with E-state index < -0.39 is 0 Å². The van der Waals surface area contributed by atoms with Crippen LogP contribution in [-0.2, 0) is 0 Å². The molecule has 0 saturated heterocycles. The largest absolute Gasteiger partial charge is 0.330 e. The molecule has 3 N–H and O–H groups in total. The first-order valence-corrected chi connectivity index (χ1v) is 6.12. The molecule has 0 aromatic carbocycles. The van der Waals surface area contributed by atoms with E-state index in [1.807, 2.05) is 0 Å². The predicted octanol–water partition coefficient (Wildman–Crippen LogP) is 2.49. The maximum Gasteiger partial charge on any atom is -0.00369 e. The van der Waals surface area contributed by atoms with Gasteiger partial charge < -0.3 is 11.1 Å². The van der Waals surface area contributed by atoms with Gasteiger partial charge in [-0.05, 0) is 32.5 Å². The number of hydrogen-bond donors (Lipinski definition) is 2. The SMILES string of the molecule is [CH2]CCCCCCCCNCCCN. The van der Waals surface area contributed by atoms with Crippen molar-refractivity contribution in [3.63, 3.8) is 0 Å². The molecule has 0 aliphatic heterocycles. The van der Waals surface area contributed by atoms with Gasteiger partial charge in [0.25, 0.3) is 0 Å². The van der Waals surface area contributed by atoms with E-state index in [9.17, 15) is 0 Å². The van der Waals surface area contributed by atoms with Crippen LogP contribution in [0.15, 0.2) is 0 Å². The Hall–Kier alpha value is -0.0800. The number of nitrogens with two attached hydrogens (primary N) is 1. The molecule has 0 atom stereocenters. The van der Waals surface area contributed by atoms with E-state index in [-0.39, 0.29) is 0 Å². The first-order chi connectivity index (χ1) is 6.91. The average Bonchev–Trinajstić information content (AvgIpc) is 2.21. The Kier molecular flexibility index (Phi) is 12.8. The second-order valence-corrected chi connectivity index (χ2v) is 3.87. The number of nitrogens with one attached hydrogen (secondary N) is 1. The van der Waals surface area contributed by atoms with Crippen molar-refractivity contribution in [3.05, 3.63) is 6.92 Å². The maximum absolute atomic E-state index is 5.39. The molecular formula is C12H27N2. The molecule has 2 heteroatoms. The van der Waals surface area contributed by atoms with Crippen molar-refractivity contribution >= 4 is 0 Å². The highest BCUT2D eigenvalue weighted by Gasteiger charge is 1.90. The molecule has 0 aliphatic rings. The summed E-state index contributed by atoms with van der Waals surface area (Å²) in [6.07, 6.45) is 10.3. The first kappa shape index (κ1) is 13.9. The van der Waals surface area contributed by atoms with Gasteiger partial charge in [-0.3, -0.25) is 0 Å². The summed E-state index contributed by atoms with van der Waals surface area (Å²) < 4.78 is 0. The quantitative estimate of drug-likeness (QED) is 0.502. The number of hydrogen-bond acceptors (Lipinski definition) is 2. The van der Waals surface area contributed by atoms with Gasteiger partial charge in [0, 0.05) is 0 Å². The molecule has 0 heterocycles. The second kappa shape index (κ2) is 12.9. The van der Waals surface area contributed by atoms with Crippen molar-refractivity contribution < 1.29 is 0 Å². The lowest BCUT2D eigenvalue weighted by molar-refractivity contribution is 0.562. The standard InChI is InChI=1S/C12H27N2/c1-2-3-4-5-6-7-8-11-14-12-9-10-13/h14H,1-13H2. The third-order valence-corrected chi connectivity index (χ3v) is 2.41. The van der Waals surface area contributed by atoms with Crippen LogP contribution in [-0.4, -0.2) is 19.6 Å². The van der Waals surface area contributed by atoms with Gasteiger partial charge in [0.1, 0.15) is 0 Å². The molecule has 2 nitrogen and oxygen atoms in total. The minimum Gasteiger partial charge on any atom is -0.330 e. The fourth-order valence-corrected chi connectivity index (χ4v) is 1.49. The van der Waals surface area contributed by atoms with Crippen molar-refractivity contribution in [1.29, 1.82) is 0 Å². The molecule has 0 amide bonds. The fourth-order valence-electron chi connectivity index (χ4n) is 1.49. The molecule has 0 aliphatic carbocycles. The summed E-state index contributed by atoms with van der Waals surface area (Å²) >= 11 is 0. The van der Waals surface area contributed by atoms with Crippen LogP contribution >= 0.6 is 0 Å². The lowest BCUT2D eigenvalue weighted by atomic mass is 10.1. The smallest absolute Gasteiger partial charge is 0.00369 e. The molecule has 0 spiro atoms. The van der Waals surface area contributed by atoms with E-state index in [1.165, 1.54) is 38.5 Å². The molecule has 0 rings (SSSR count). The predicted molar refractivity (Wildman–Crippen MR) is 64.2 cm³/mol. The molecule has 0 aromatic rings. The summed E-state index contributed by atoms with van der Waals surface area (Å²) in [7, 11) is 0. The van der Waals surface area contributed by atoms with Crippen LogP contribution in [0.4, 0.5) is 0 Å². The molecule has 0 saturated carbocycles.